The highest BCUT2D eigenvalue weighted by atomic mass is 16.4. The first kappa shape index (κ1) is 32.5. The van der Waals surface area contributed by atoms with Crippen LogP contribution in [0.2, 0.25) is 0 Å². The number of carboxylic acid groups (broad SMARTS) is 1. The molecule has 1 aromatic rings. The number of carbonyl (C=O) groups excluding carboxylic acids is 5. The van der Waals surface area contributed by atoms with Gasteiger partial charge in [0.1, 0.15) is 12.1 Å². The monoisotopic (exact) mass is 574 g/mol. The zero-order valence-corrected chi connectivity index (χ0v) is 22.7. The number of benzene rings is 1. The molecule has 0 unspecified atom stereocenters. The molecule has 41 heavy (non-hydrogen) atoms. The molecular formula is C26H38N8O7. The zero-order chi connectivity index (χ0) is 30.2. The zero-order valence-electron chi connectivity index (χ0n) is 22.7. The van der Waals surface area contributed by atoms with Gasteiger partial charge in [0.15, 0.2) is 5.96 Å². The van der Waals surface area contributed by atoms with Gasteiger partial charge in [-0.2, -0.15) is 0 Å². The summed E-state index contributed by atoms with van der Waals surface area (Å²) < 4.78 is 0. The van der Waals surface area contributed by atoms with Gasteiger partial charge in [0.05, 0.1) is 13.0 Å². The average Bonchev–Trinajstić information content (AvgIpc) is 2.92. The predicted octanol–water partition coefficient (Wildman–Crippen LogP) is -1.78. The predicted molar refractivity (Wildman–Crippen MR) is 148 cm³/mol. The quantitative estimate of drug-likeness (QED) is 0.0827. The fourth-order valence-corrected chi connectivity index (χ4v) is 3.94. The van der Waals surface area contributed by atoms with E-state index >= 15 is 0 Å². The van der Waals surface area contributed by atoms with Crippen molar-refractivity contribution < 1.29 is 33.9 Å². The summed E-state index contributed by atoms with van der Waals surface area (Å²) in [7, 11) is 0. The molecule has 15 nitrogen and oxygen atoms in total. The van der Waals surface area contributed by atoms with Crippen molar-refractivity contribution in [3.05, 3.63) is 35.4 Å². The highest BCUT2D eigenvalue weighted by molar-refractivity contribution is 5.95. The summed E-state index contributed by atoms with van der Waals surface area (Å²) in [5.74, 6) is -4.22. The molecule has 2 heterocycles. The normalized spacial score (nSPS) is 20.0. The van der Waals surface area contributed by atoms with Gasteiger partial charge in [-0.25, -0.2) is 0 Å². The number of nitrogens with zero attached hydrogens (tertiary/aromatic N) is 1. The molecule has 0 aromatic heterocycles. The lowest BCUT2D eigenvalue weighted by Gasteiger charge is -2.20. The molecular weight excluding hydrogens is 536 g/mol. The van der Waals surface area contributed by atoms with Crippen molar-refractivity contribution in [2.75, 3.05) is 19.6 Å². The summed E-state index contributed by atoms with van der Waals surface area (Å²) in [5.41, 5.74) is 11.7. The second kappa shape index (κ2) is 17.1. The van der Waals surface area contributed by atoms with Crippen molar-refractivity contribution in [1.82, 2.24) is 26.6 Å². The lowest BCUT2D eigenvalue weighted by atomic mass is 10.1. The molecule has 0 radical (unpaired) electrons. The van der Waals surface area contributed by atoms with Crippen molar-refractivity contribution in [3.63, 3.8) is 0 Å². The van der Waals surface area contributed by atoms with E-state index in [1.54, 1.807) is 24.3 Å². The maximum absolute atomic E-state index is 12.8. The Kier molecular flexibility index (Phi) is 13.6. The molecule has 15 heteroatoms. The molecule has 2 bridgehead atoms. The highest BCUT2D eigenvalue weighted by Gasteiger charge is 2.25. The van der Waals surface area contributed by atoms with Gasteiger partial charge in [0, 0.05) is 31.6 Å². The first-order chi connectivity index (χ1) is 19.5. The maximum atomic E-state index is 12.8. The van der Waals surface area contributed by atoms with Crippen LogP contribution >= 0.6 is 0 Å². The minimum Gasteiger partial charge on any atom is -0.481 e. The van der Waals surface area contributed by atoms with Crippen LogP contribution in [0.4, 0.5) is 0 Å². The molecule has 0 fully saturated rings. The molecule has 1 aromatic carbocycles. The smallest absolute Gasteiger partial charge is 0.305 e. The largest absolute Gasteiger partial charge is 0.481 e. The van der Waals surface area contributed by atoms with E-state index in [0.717, 1.165) is 0 Å². The minimum absolute atomic E-state index is 0.0324. The second-order valence-electron chi connectivity index (χ2n) is 9.49. The van der Waals surface area contributed by atoms with E-state index in [1.807, 2.05) is 0 Å². The van der Waals surface area contributed by atoms with Crippen molar-refractivity contribution in [3.8, 4) is 0 Å². The van der Waals surface area contributed by atoms with Gasteiger partial charge in [0.2, 0.25) is 23.6 Å². The van der Waals surface area contributed by atoms with Crippen LogP contribution in [0.3, 0.4) is 0 Å². The van der Waals surface area contributed by atoms with Gasteiger partial charge in [-0.1, -0.05) is 18.6 Å². The summed E-state index contributed by atoms with van der Waals surface area (Å²) in [4.78, 5) is 78.1. The molecule has 10 N–H and O–H groups in total. The fourth-order valence-electron chi connectivity index (χ4n) is 3.94. The number of hydrogen-bond acceptors (Lipinski definition) is 7. The molecule has 2 aliphatic heterocycles. The third-order valence-electron chi connectivity index (χ3n) is 6.10. The van der Waals surface area contributed by atoms with E-state index in [-0.39, 0.29) is 43.7 Å². The van der Waals surface area contributed by atoms with Crippen molar-refractivity contribution in [2.24, 2.45) is 16.5 Å². The Balaban J connectivity index is 2.14. The van der Waals surface area contributed by atoms with Crippen LogP contribution in [0.25, 0.3) is 0 Å². The standard InChI is InChI=1S/C26H38N8O7/c27-26(28)30-12-4-5-18-24(40)32-15-21(36)34-19(13-22(37)38)25(41)31-14-16-7-9-17(10-8-16)23(39)29-11-3-1-2-6-20(35)33-18/h7-10,18-19H,1-6,11-15H2,(H,29,39)(H,31,41)(H,32,40)(H,33,35)(H,34,36)(H,37,38)(H4,27,28,30)/t18-,19-/m0/s1. The van der Waals surface area contributed by atoms with E-state index in [0.29, 0.717) is 43.4 Å². The lowest BCUT2D eigenvalue weighted by molar-refractivity contribution is -0.140. The van der Waals surface area contributed by atoms with Crippen molar-refractivity contribution >= 4 is 41.5 Å². The lowest BCUT2D eigenvalue weighted by Crippen LogP contribution is -2.52. The van der Waals surface area contributed by atoms with E-state index < -0.39 is 48.7 Å². The van der Waals surface area contributed by atoms with Crippen LogP contribution in [0, 0.1) is 0 Å². The number of amides is 5. The van der Waals surface area contributed by atoms with Crippen LogP contribution in [0.5, 0.6) is 0 Å². The number of carboxylic acids is 1. The van der Waals surface area contributed by atoms with Crippen LogP contribution in [-0.4, -0.2) is 78.3 Å². The van der Waals surface area contributed by atoms with Crippen LogP contribution < -0.4 is 38.1 Å². The molecule has 5 amide bonds. The number of carbonyl (C=O) groups is 6. The van der Waals surface area contributed by atoms with E-state index in [4.69, 9.17) is 11.5 Å². The highest BCUT2D eigenvalue weighted by Crippen LogP contribution is 2.07. The summed E-state index contributed by atoms with van der Waals surface area (Å²) in [5, 5.41) is 22.0. The number of nitrogens with one attached hydrogen (secondary N) is 5. The second-order valence-corrected chi connectivity index (χ2v) is 9.49. The molecule has 0 saturated heterocycles. The summed E-state index contributed by atoms with van der Waals surface area (Å²) in [6.07, 6.45) is 1.88. The molecule has 224 valence electrons. The Hall–Kier alpha value is -4.69. The molecule has 3 rings (SSSR count). The SMILES string of the molecule is NC(N)=NCCC[C@@H]1NC(=O)CCCCCNC(=O)c2ccc(cc2)CNC(=O)[C@H](CC(=O)O)NC(=O)CNC1=O. The van der Waals surface area contributed by atoms with Crippen molar-refractivity contribution in [1.29, 1.82) is 0 Å². The molecule has 0 spiro atoms. The Labute approximate surface area is 237 Å². The molecule has 2 atom stereocenters. The van der Waals surface area contributed by atoms with Gasteiger partial charge in [-0.05, 0) is 43.4 Å². The summed E-state index contributed by atoms with van der Waals surface area (Å²) in [6.45, 7) is 0.124. The minimum atomic E-state index is -1.40. The Morgan fingerprint density at radius 1 is 0.854 bits per heavy atom. The number of nitrogens with two attached hydrogens (primary N) is 2. The number of fused-ring (bicyclic) bond motifs is 20. The number of hydrogen-bond donors (Lipinski definition) is 8. The number of aliphatic imine (C=N–C) groups is 1. The van der Waals surface area contributed by atoms with Gasteiger partial charge in [-0.15, -0.1) is 0 Å². The van der Waals surface area contributed by atoms with Gasteiger partial charge in [-0.3, -0.25) is 33.8 Å². The fraction of sp³-hybridized carbons (Fsp3) is 0.500. The van der Waals surface area contributed by atoms with Gasteiger partial charge < -0.3 is 43.2 Å². The van der Waals surface area contributed by atoms with Crippen LogP contribution in [-0.2, 0) is 30.5 Å². The van der Waals surface area contributed by atoms with Crippen LogP contribution in [0.1, 0.15) is 60.9 Å². The number of aliphatic carboxylic acids is 1. The van der Waals surface area contributed by atoms with E-state index in [2.05, 4.69) is 31.6 Å². The maximum Gasteiger partial charge on any atom is 0.305 e. The molecule has 0 saturated carbocycles. The third-order valence-corrected chi connectivity index (χ3v) is 6.10. The third kappa shape index (κ3) is 12.8. The van der Waals surface area contributed by atoms with E-state index in [9.17, 15) is 33.9 Å². The average molecular weight is 575 g/mol. The Morgan fingerprint density at radius 3 is 2.20 bits per heavy atom. The first-order valence-corrected chi connectivity index (χ1v) is 13.3. The Morgan fingerprint density at radius 2 is 1.51 bits per heavy atom. The Bertz CT molecular complexity index is 1120. The van der Waals surface area contributed by atoms with E-state index in [1.165, 1.54) is 0 Å². The van der Waals surface area contributed by atoms with Crippen LogP contribution in [0.15, 0.2) is 29.3 Å². The molecule has 0 aliphatic carbocycles. The van der Waals surface area contributed by atoms with Gasteiger partial charge >= 0.3 is 5.97 Å². The summed E-state index contributed by atoms with van der Waals surface area (Å²) >= 11 is 0. The topological polar surface area (TPSA) is 247 Å². The first-order valence-electron chi connectivity index (χ1n) is 13.3. The number of rotatable bonds is 6. The van der Waals surface area contributed by atoms with Gasteiger partial charge in [0.25, 0.3) is 5.91 Å². The molecule has 2 aliphatic rings. The number of guanidine groups is 1. The summed E-state index contributed by atoms with van der Waals surface area (Å²) in [6, 6.07) is 4.12. The van der Waals surface area contributed by atoms with Crippen molar-refractivity contribution in [2.45, 2.75) is 63.6 Å².